The number of rotatable bonds is 5. The Morgan fingerprint density at radius 1 is 0.900 bits per heavy atom. The van der Waals surface area contributed by atoms with E-state index >= 15 is 0 Å². The number of benzene rings is 2. The molecule has 0 spiro atoms. The van der Waals surface area contributed by atoms with Gasteiger partial charge in [0.2, 0.25) is 0 Å². The van der Waals surface area contributed by atoms with Crippen molar-refractivity contribution < 1.29 is 40.6 Å². The van der Waals surface area contributed by atoms with E-state index in [1.807, 2.05) is 5.43 Å². The fraction of sp³-hybridized carbons (Fsp3) is 0.263. The molecule has 0 saturated carbocycles. The first kappa shape index (κ1) is 23.0. The van der Waals surface area contributed by atoms with Crippen molar-refractivity contribution in [2.75, 3.05) is 14.2 Å². The van der Waals surface area contributed by atoms with Crippen LogP contribution in [-0.2, 0) is 12.4 Å². The van der Waals surface area contributed by atoms with E-state index in [2.05, 4.69) is 5.10 Å². The molecule has 1 amide bonds. The number of methoxy groups -OCH3 is 2. The van der Waals surface area contributed by atoms with Gasteiger partial charge in [-0.15, -0.1) is 0 Å². The maximum Gasteiger partial charge on any atom is 0.416 e. The first-order valence-electron chi connectivity index (χ1n) is 8.23. The van der Waals surface area contributed by atoms with Gasteiger partial charge in [0, 0.05) is 11.1 Å². The SMILES string of the molecule is COc1ccc(OC)c(C(C)=NNC(=O)c2cc(C(F)(F)F)cc(C(F)(F)F)c2)c1. The highest BCUT2D eigenvalue weighted by Crippen LogP contribution is 2.36. The van der Waals surface area contributed by atoms with Crippen molar-refractivity contribution in [1.29, 1.82) is 0 Å². The van der Waals surface area contributed by atoms with Gasteiger partial charge < -0.3 is 9.47 Å². The monoisotopic (exact) mass is 434 g/mol. The Morgan fingerprint density at radius 3 is 1.93 bits per heavy atom. The molecule has 162 valence electrons. The van der Waals surface area contributed by atoms with Crippen molar-refractivity contribution in [3.63, 3.8) is 0 Å². The predicted octanol–water partition coefficient (Wildman–Crippen LogP) is 4.90. The molecule has 2 rings (SSSR count). The van der Waals surface area contributed by atoms with Gasteiger partial charge in [-0.2, -0.15) is 31.4 Å². The van der Waals surface area contributed by atoms with E-state index < -0.39 is 35.0 Å². The molecule has 0 fully saturated rings. The summed E-state index contributed by atoms with van der Waals surface area (Å²) in [5, 5.41) is 3.76. The van der Waals surface area contributed by atoms with Gasteiger partial charge in [0.15, 0.2) is 0 Å². The average Bonchev–Trinajstić information content (AvgIpc) is 2.69. The van der Waals surface area contributed by atoms with Gasteiger partial charge in [0.25, 0.3) is 5.91 Å². The average molecular weight is 434 g/mol. The number of hydrazone groups is 1. The number of alkyl halides is 6. The third-order valence-corrected chi connectivity index (χ3v) is 3.97. The smallest absolute Gasteiger partial charge is 0.416 e. The Hall–Kier alpha value is -3.24. The topological polar surface area (TPSA) is 59.9 Å². The Kier molecular flexibility index (Phi) is 6.63. The summed E-state index contributed by atoms with van der Waals surface area (Å²) in [4.78, 5) is 12.2. The lowest BCUT2D eigenvalue weighted by Gasteiger charge is -2.14. The number of amides is 1. The van der Waals surface area contributed by atoms with Crippen LogP contribution < -0.4 is 14.9 Å². The highest BCUT2D eigenvalue weighted by atomic mass is 19.4. The molecule has 0 heterocycles. The Bertz CT molecular complexity index is 935. The van der Waals surface area contributed by atoms with Crippen LogP contribution in [-0.4, -0.2) is 25.8 Å². The number of nitrogens with zero attached hydrogens (tertiary/aromatic N) is 1. The molecular weight excluding hydrogens is 418 g/mol. The molecule has 0 atom stereocenters. The van der Waals surface area contributed by atoms with Gasteiger partial charge in [0.05, 0.1) is 31.1 Å². The van der Waals surface area contributed by atoms with E-state index in [9.17, 15) is 31.1 Å². The number of ether oxygens (including phenoxy) is 2. The Morgan fingerprint density at radius 2 is 1.47 bits per heavy atom. The molecule has 5 nitrogen and oxygen atoms in total. The Labute approximate surface area is 167 Å². The summed E-state index contributed by atoms with van der Waals surface area (Å²) in [6.45, 7) is 1.46. The number of nitrogens with one attached hydrogen (secondary N) is 1. The molecule has 0 aliphatic rings. The maximum absolute atomic E-state index is 12.9. The van der Waals surface area contributed by atoms with Gasteiger partial charge in [-0.1, -0.05) is 0 Å². The first-order valence-corrected chi connectivity index (χ1v) is 8.23. The third kappa shape index (κ3) is 5.43. The predicted molar refractivity (Wildman–Crippen MR) is 95.7 cm³/mol. The van der Waals surface area contributed by atoms with E-state index in [1.165, 1.54) is 27.2 Å². The molecule has 1 N–H and O–H groups in total. The van der Waals surface area contributed by atoms with Crippen LogP contribution in [0.1, 0.15) is 34.0 Å². The fourth-order valence-electron chi connectivity index (χ4n) is 2.44. The fourth-order valence-corrected chi connectivity index (χ4v) is 2.44. The largest absolute Gasteiger partial charge is 0.497 e. The highest BCUT2D eigenvalue weighted by Gasteiger charge is 2.37. The summed E-state index contributed by atoms with van der Waals surface area (Å²) in [5.41, 5.74) is -1.50. The standard InChI is InChI=1S/C19H16F6N2O3/c1-10(15-9-14(29-2)4-5-16(15)30-3)26-27-17(28)11-6-12(18(20,21)22)8-13(7-11)19(23,24)25/h4-9H,1-3H3,(H,27,28). The number of hydrogen-bond donors (Lipinski definition) is 1. The van der Waals surface area contributed by atoms with Crippen molar-refractivity contribution in [2.24, 2.45) is 5.10 Å². The summed E-state index contributed by atoms with van der Waals surface area (Å²) in [7, 11) is 2.81. The summed E-state index contributed by atoms with van der Waals surface area (Å²) in [5.74, 6) is -0.433. The van der Waals surface area contributed by atoms with Gasteiger partial charge in [-0.25, -0.2) is 5.43 Å². The van der Waals surface area contributed by atoms with E-state index in [0.29, 0.717) is 29.2 Å². The van der Waals surface area contributed by atoms with Crippen LogP contribution in [0, 0.1) is 0 Å². The molecular formula is C19H16F6N2O3. The van der Waals surface area contributed by atoms with E-state index in [-0.39, 0.29) is 11.8 Å². The van der Waals surface area contributed by atoms with Crippen LogP contribution in [0.15, 0.2) is 41.5 Å². The van der Waals surface area contributed by atoms with Crippen LogP contribution in [0.5, 0.6) is 11.5 Å². The molecule has 11 heteroatoms. The number of hydrogen-bond acceptors (Lipinski definition) is 4. The van der Waals surface area contributed by atoms with Crippen molar-refractivity contribution >= 4 is 11.6 Å². The normalized spacial score (nSPS) is 12.5. The zero-order chi connectivity index (χ0) is 22.7. The lowest BCUT2D eigenvalue weighted by Crippen LogP contribution is -2.21. The number of carbonyl (C=O) groups is 1. The van der Waals surface area contributed by atoms with Gasteiger partial charge >= 0.3 is 12.4 Å². The molecule has 0 aliphatic heterocycles. The van der Waals surface area contributed by atoms with Crippen molar-refractivity contribution in [2.45, 2.75) is 19.3 Å². The van der Waals surface area contributed by atoms with Crippen molar-refractivity contribution in [3.8, 4) is 11.5 Å². The lowest BCUT2D eigenvalue weighted by molar-refractivity contribution is -0.143. The van der Waals surface area contributed by atoms with Crippen molar-refractivity contribution in [1.82, 2.24) is 5.43 Å². The third-order valence-electron chi connectivity index (χ3n) is 3.97. The molecule has 2 aromatic rings. The van der Waals surface area contributed by atoms with Gasteiger partial charge in [0.1, 0.15) is 11.5 Å². The molecule has 0 radical (unpaired) electrons. The van der Waals surface area contributed by atoms with E-state index in [1.54, 1.807) is 12.1 Å². The summed E-state index contributed by atoms with van der Waals surface area (Å²) in [6, 6.07) is 5.29. The van der Waals surface area contributed by atoms with Crippen LogP contribution in [0.3, 0.4) is 0 Å². The highest BCUT2D eigenvalue weighted by molar-refractivity contribution is 6.03. The number of carbonyl (C=O) groups excluding carboxylic acids is 1. The minimum absolute atomic E-state index is 0.0631. The second-order valence-corrected chi connectivity index (χ2v) is 6.00. The first-order chi connectivity index (χ1) is 13.9. The second kappa shape index (κ2) is 8.64. The van der Waals surface area contributed by atoms with Crippen LogP contribution >= 0.6 is 0 Å². The second-order valence-electron chi connectivity index (χ2n) is 6.00. The summed E-state index contributed by atoms with van der Waals surface area (Å²) < 4.78 is 87.9. The molecule has 0 bridgehead atoms. The molecule has 0 unspecified atom stereocenters. The van der Waals surface area contributed by atoms with Crippen LogP contribution in [0.2, 0.25) is 0 Å². The van der Waals surface area contributed by atoms with E-state index in [4.69, 9.17) is 9.47 Å². The van der Waals surface area contributed by atoms with Crippen molar-refractivity contribution in [3.05, 3.63) is 58.7 Å². The number of halogens is 6. The van der Waals surface area contributed by atoms with E-state index in [0.717, 1.165) is 0 Å². The minimum atomic E-state index is -5.07. The summed E-state index contributed by atoms with van der Waals surface area (Å²) in [6.07, 6.45) is -10.1. The zero-order valence-electron chi connectivity index (χ0n) is 15.9. The molecule has 0 saturated heterocycles. The minimum Gasteiger partial charge on any atom is -0.497 e. The molecule has 0 aromatic heterocycles. The van der Waals surface area contributed by atoms with Crippen LogP contribution in [0.25, 0.3) is 0 Å². The Balaban J connectivity index is 2.38. The van der Waals surface area contributed by atoms with Gasteiger partial charge in [-0.3, -0.25) is 4.79 Å². The van der Waals surface area contributed by atoms with Crippen LogP contribution in [0.4, 0.5) is 26.3 Å². The maximum atomic E-state index is 12.9. The summed E-state index contributed by atoms with van der Waals surface area (Å²) >= 11 is 0. The molecule has 2 aromatic carbocycles. The lowest BCUT2D eigenvalue weighted by atomic mass is 10.0. The van der Waals surface area contributed by atoms with Gasteiger partial charge in [-0.05, 0) is 43.3 Å². The molecule has 30 heavy (non-hydrogen) atoms. The zero-order valence-corrected chi connectivity index (χ0v) is 15.9. The quantitative estimate of drug-likeness (QED) is 0.414. The molecule has 0 aliphatic carbocycles.